The van der Waals surface area contributed by atoms with Gasteiger partial charge in [0.1, 0.15) is 23.5 Å². The molecule has 154 valence electrons. The number of hydrogen-bond donors (Lipinski definition) is 2. The van der Waals surface area contributed by atoms with E-state index in [1.807, 2.05) is 12.1 Å². The lowest BCUT2D eigenvalue weighted by molar-refractivity contribution is 0.0505. The summed E-state index contributed by atoms with van der Waals surface area (Å²) in [4.78, 5) is 10.4. The third kappa shape index (κ3) is 6.53. The van der Waals surface area contributed by atoms with Gasteiger partial charge in [-0.2, -0.15) is 0 Å². The number of ether oxygens (including phenoxy) is 1. The Morgan fingerprint density at radius 2 is 1.86 bits per heavy atom. The Morgan fingerprint density at radius 1 is 1.14 bits per heavy atom. The topological polar surface area (TPSA) is 60.9 Å². The van der Waals surface area contributed by atoms with Crippen molar-refractivity contribution in [3.63, 3.8) is 0 Å². The highest BCUT2D eigenvalue weighted by molar-refractivity contribution is 7.11. The molecule has 0 radical (unpaired) electrons. The number of thiazole rings is 1. The summed E-state index contributed by atoms with van der Waals surface area (Å²) in [6, 6.07) is 8.07. The van der Waals surface area contributed by atoms with Gasteiger partial charge in [-0.25, -0.2) is 4.98 Å². The lowest BCUT2D eigenvalue weighted by Gasteiger charge is -2.33. The number of nitrogens with zero attached hydrogens (tertiary/aromatic N) is 3. The first-order valence-corrected chi connectivity index (χ1v) is 10.8. The number of hydrogen-bond acceptors (Lipinski definition) is 7. The number of likely N-dealkylation sites (N-methyl/N-ethyl adjacent to an activating group) is 1. The largest absolute Gasteiger partial charge is 0.491 e. The molecular weight excluding hydrogens is 372 g/mol. The van der Waals surface area contributed by atoms with Crippen LogP contribution in [0.3, 0.4) is 0 Å². The predicted molar refractivity (Wildman–Crippen MR) is 114 cm³/mol. The molecule has 2 N–H and O–H groups in total. The molecule has 2 aromatic rings. The predicted octanol–water partition coefficient (Wildman–Crippen LogP) is 2.04. The zero-order chi connectivity index (χ0) is 19.9. The molecule has 1 saturated heterocycles. The third-order valence-electron chi connectivity index (χ3n) is 5.11. The van der Waals surface area contributed by atoms with E-state index in [9.17, 15) is 5.11 Å². The summed E-state index contributed by atoms with van der Waals surface area (Å²) in [7, 11) is 2.14. The Balaban J connectivity index is 1.35. The van der Waals surface area contributed by atoms with E-state index in [0.717, 1.165) is 55.7 Å². The van der Waals surface area contributed by atoms with Crippen molar-refractivity contribution in [1.29, 1.82) is 0 Å². The Labute approximate surface area is 172 Å². The normalized spacial score (nSPS) is 17.0. The molecule has 0 amide bonds. The second-order valence-corrected chi connectivity index (χ2v) is 8.85. The SMILES string of the molecule is Cc1nc(CNCc2ccc(OC[C@H](O)CN3CCN(C)CC3)cc2)sc1C. The highest BCUT2D eigenvalue weighted by Gasteiger charge is 2.17. The van der Waals surface area contributed by atoms with Gasteiger partial charge < -0.3 is 20.1 Å². The van der Waals surface area contributed by atoms with Crippen LogP contribution in [0.1, 0.15) is 21.1 Å². The zero-order valence-electron chi connectivity index (χ0n) is 17.1. The molecule has 0 bridgehead atoms. The quantitative estimate of drug-likeness (QED) is 0.667. The summed E-state index contributed by atoms with van der Waals surface area (Å²) >= 11 is 1.75. The van der Waals surface area contributed by atoms with Gasteiger partial charge >= 0.3 is 0 Å². The van der Waals surface area contributed by atoms with E-state index in [1.165, 1.54) is 10.4 Å². The minimum Gasteiger partial charge on any atom is -0.491 e. The lowest BCUT2D eigenvalue weighted by Crippen LogP contribution is -2.47. The van der Waals surface area contributed by atoms with E-state index in [1.54, 1.807) is 11.3 Å². The highest BCUT2D eigenvalue weighted by Crippen LogP contribution is 2.17. The first-order chi connectivity index (χ1) is 13.5. The molecule has 1 aliphatic rings. The van der Waals surface area contributed by atoms with Crippen molar-refractivity contribution >= 4 is 11.3 Å². The maximum atomic E-state index is 10.2. The van der Waals surface area contributed by atoms with E-state index >= 15 is 0 Å². The molecular formula is C21H32N4O2S. The molecule has 1 aromatic carbocycles. The van der Waals surface area contributed by atoms with Crippen LogP contribution >= 0.6 is 11.3 Å². The number of nitrogens with one attached hydrogen (secondary N) is 1. The van der Waals surface area contributed by atoms with E-state index in [2.05, 4.69) is 53.1 Å². The Morgan fingerprint density at radius 3 is 2.50 bits per heavy atom. The molecule has 6 nitrogen and oxygen atoms in total. The van der Waals surface area contributed by atoms with Gasteiger partial charge in [-0.1, -0.05) is 12.1 Å². The van der Waals surface area contributed by atoms with Gasteiger partial charge in [0, 0.05) is 50.7 Å². The minimum atomic E-state index is -0.463. The van der Waals surface area contributed by atoms with E-state index in [-0.39, 0.29) is 0 Å². The number of aryl methyl sites for hydroxylation is 2. The van der Waals surface area contributed by atoms with Crippen LogP contribution in [0.2, 0.25) is 0 Å². The van der Waals surface area contributed by atoms with Gasteiger partial charge in [0.2, 0.25) is 0 Å². The van der Waals surface area contributed by atoms with Crippen molar-refractivity contribution in [2.75, 3.05) is 46.4 Å². The molecule has 0 spiro atoms. The molecule has 2 heterocycles. The molecule has 0 aliphatic carbocycles. The van der Waals surface area contributed by atoms with E-state index in [0.29, 0.717) is 13.2 Å². The number of piperazine rings is 1. The molecule has 1 fully saturated rings. The van der Waals surface area contributed by atoms with Gasteiger partial charge in [-0.3, -0.25) is 4.90 Å². The van der Waals surface area contributed by atoms with Gasteiger partial charge in [0.05, 0.1) is 5.69 Å². The standard InChI is InChI=1S/C21H32N4O2S/c1-16-17(2)28-21(23-16)13-22-12-18-4-6-20(7-5-18)27-15-19(26)14-25-10-8-24(3)9-11-25/h4-7,19,22,26H,8-15H2,1-3H3/t19-/m1/s1. The number of aliphatic hydroxyl groups excluding tert-OH is 1. The van der Waals surface area contributed by atoms with Crippen molar-refractivity contribution in [2.24, 2.45) is 0 Å². The van der Waals surface area contributed by atoms with Crippen molar-refractivity contribution in [2.45, 2.75) is 33.0 Å². The number of rotatable bonds is 9. The summed E-state index contributed by atoms with van der Waals surface area (Å²) < 4.78 is 5.76. The van der Waals surface area contributed by atoms with E-state index < -0.39 is 6.10 Å². The third-order valence-corrected chi connectivity index (χ3v) is 6.18. The average molecular weight is 405 g/mol. The van der Waals surface area contributed by atoms with E-state index in [4.69, 9.17) is 4.74 Å². The fraction of sp³-hybridized carbons (Fsp3) is 0.571. The van der Waals surface area contributed by atoms with Crippen molar-refractivity contribution in [3.05, 3.63) is 45.4 Å². The highest BCUT2D eigenvalue weighted by atomic mass is 32.1. The number of benzene rings is 1. The Kier molecular flexibility index (Phi) is 7.82. The summed E-state index contributed by atoms with van der Waals surface area (Å²) in [5.74, 6) is 0.798. The number of β-amino-alcohol motifs (C(OH)–C–C–N with tert-alkyl or cyclic N) is 1. The Bertz CT molecular complexity index is 707. The molecule has 1 atom stereocenters. The van der Waals surface area contributed by atoms with Crippen molar-refractivity contribution in [1.82, 2.24) is 20.1 Å². The lowest BCUT2D eigenvalue weighted by atomic mass is 10.2. The van der Waals surface area contributed by atoms with Crippen molar-refractivity contribution in [3.8, 4) is 5.75 Å². The second-order valence-electron chi connectivity index (χ2n) is 7.57. The molecule has 0 saturated carbocycles. The maximum absolute atomic E-state index is 10.2. The zero-order valence-corrected chi connectivity index (χ0v) is 18.0. The number of aromatic nitrogens is 1. The fourth-order valence-corrected chi connectivity index (χ4v) is 4.11. The van der Waals surface area contributed by atoms with Crippen LogP contribution in [0, 0.1) is 13.8 Å². The van der Waals surface area contributed by atoms with Crippen LogP contribution in [0.5, 0.6) is 5.75 Å². The van der Waals surface area contributed by atoms with Gasteiger partial charge in [-0.15, -0.1) is 11.3 Å². The summed E-state index contributed by atoms with van der Waals surface area (Å²) in [5.41, 5.74) is 2.33. The van der Waals surface area contributed by atoms with Gasteiger partial charge in [0.25, 0.3) is 0 Å². The minimum absolute atomic E-state index is 0.326. The average Bonchev–Trinajstić information content (AvgIpc) is 3.00. The van der Waals surface area contributed by atoms with Crippen LogP contribution in [-0.4, -0.2) is 72.4 Å². The molecule has 3 rings (SSSR count). The van der Waals surface area contributed by atoms with Crippen LogP contribution in [0.25, 0.3) is 0 Å². The maximum Gasteiger partial charge on any atom is 0.119 e. The van der Waals surface area contributed by atoms with Gasteiger partial charge in [-0.05, 0) is 38.6 Å². The van der Waals surface area contributed by atoms with Gasteiger partial charge in [0.15, 0.2) is 0 Å². The van der Waals surface area contributed by atoms with Crippen LogP contribution in [0.15, 0.2) is 24.3 Å². The summed E-state index contributed by atoms with van der Waals surface area (Å²) in [5, 5.41) is 14.8. The Hall–Kier alpha value is -1.51. The van der Waals surface area contributed by atoms with Crippen LogP contribution in [0.4, 0.5) is 0 Å². The molecule has 1 aromatic heterocycles. The molecule has 1 aliphatic heterocycles. The smallest absolute Gasteiger partial charge is 0.119 e. The second kappa shape index (κ2) is 10.3. The monoisotopic (exact) mass is 404 g/mol. The molecule has 0 unspecified atom stereocenters. The number of aliphatic hydroxyl groups is 1. The fourth-order valence-electron chi connectivity index (χ4n) is 3.21. The molecule has 28 heavy (non-hydrogen) atoms. The molecule has 7 heteroatoms. The van der Waals surface area contributed by atoms with Crippen molar-refractivity contribution < 1.29 is 9.84 Å². The first-order valence-electron chi connectivity index (χ1n) is 9.94. The summed E-state index contributed by atoms with van der Waals surface area (Å²) in [6.45, 7) is 10.9. The first kappa shape index (κ1) is 21.2. The summed E-state index contributed by atoms with van der Waals surface area (Å²) in [6.07, 6.45) is -0.463. The van der Waals surface area contributed by atoms with Crippen LogP contribution < -0.4 is 10.1 Å². The van der Waals surface area contributed by atoms with Crippen LogP contribution in [-0.2, 0) is 13.1 Å².